The molecule has 92 valence electrons. The van der Waals surface area contributed by atoms with Gasteiger partial charge in [-0.25, -0.2) is 0 Å². The van der Waals surface area contributed by atoms with Gasteiger partial charge in [0.1, 0.15) is 0 Å². The lowest BCUT2D eigenvalue weighted by Crippen LogP contribution is -2.41. The van der Waals surface area contributed by atoms with E-state index in [0.717, 1.165) is 24.7 Å². The van der Waals surface area contributed by atoms with Crippen molar-refractivity contribution in [3.05, 3.63) is 0 Å². The standard InChI is InChI=1S/C15H26O/c1-14(2)11-3-5-13(6-4-11)15(16)9-7-12(14)8-10-15/h11-13,16H,3-10H2,1-2H3. The van der Waals surface area contributed by atoms with E-state index < -0.39 is 0 Å². The van der Waals surface area contributed by atoms with E-state index in [2.05, 4.69) is 13.8 Å². The molecule has 0 amide bonds. The SMILES string of the molecule is CC1(C)C2CCC(CC2)C2(O)CCC1CC2. The van der Waals surface area contributed by atoms with Crippen molar-refractivity contribution in [1.82, 2.24) is 0 Å². The summed E-state index contributed by atoms with van der Waals surface area (Å²) in [4.78, 5) is 0. The summed E-state index contributed by atoms with van der Waals surface area (Å²) in [5.41, 5.74) is 0.249. The first-order valence-electron chi connectivity index (χ1n) is 7.25. The van der Waals surface area contributed by atoms with Crippen molar-refractivity contribution in [3.63, 3.8) is 0 Å². The zero-order valence-electron chi connectivity index (χ0n) is 10.8. The maximum atomic E-state index is 10.8. The zero-order chi connectivity index (χ0) is 11.4. The molecule has 0 atom stereocenters. The summed E-state index contributed by atoms with van der Waals surface area (Å²) < 4.78 is 0. The Balaban J connectivity index is 1.97. The van der Waals surface area contributed by atoms with Crippen LogP contribution in [0.1, 0.15) is 65.2 Å². The van der Waals surface area contributed by atoms with Crippen LogP contribution in [-0.4, -0.2) is 10.7 Å². The van der Waals surface area contributed by atoms with Crippen molar-refractivity contribution < 1.29 is 5.11 Å². The second kappa shape index (κ2) is 3.48. The molecule has 0 aromatic carbocycles. The molecule has 0 spiro atoms. The number of hydrogen-bond donors (Lipinski definition) is 1. The Hall–Kier alpha value is -0.0400. The van der Waals surface area contributed by atoms with Crippen LogP contribution in [0.2, 0.25) is 0 Å². The fourth-order valence-corrected chi connectivity index (χ4v) is 4.98. The molecule has 0 aromatic rings. The molecular weight excluding hydrogens is 196 g/mol. The first-order valence-corrected chi connectivity index (χ1v) is 7.25. The monoisotopic (exact) mass is 222 g/mol. The molecule has 6 rings (SSSR count). The normalized spacial score (nSPS) is 50.8. The Morgan fingerprint density at radius 1 is 0.750 bits per heavy atom. The molecule has 0 aromatic heterocycles. The first-order chi connectivity index (χ1) is 7.52. The van der Waals surface area contributed by atoms with Crippen molar-refractivity contribution in [2.75, 3.05) is 0 Å². The summed E-state index contributed by atoms with van der Waals surface area (Å²) in [6.07, 6.45) is 10.0. The van der Waals surface area contributed by atoms with E-state index in [9.17, 15) is 5.11 Å². The molecule has 1 heteroatoms. The van der Waals surface area contributed by atoms with Gasteiger partial charge >= 0.3 is 0 Å². The van der Waals surface area contributed by atoms with Crippen molar-refractivity contribution >= 4 is 0 Å². The lowest BCUT2D eigenvalue weighted by Gasteiger charge is -2.43. The molecule has 6 fully saturated rings. The summed E-state index contributed by atoms with van der Waals surface area (Å²) in [6, 6.07) is 0. The fraction of sp³-hybridized carbons (Fsp3) is 1.00. The predicted octanol–water partition coefficient (Wildman–Crippen LogP) is 3.75. The van der Waals surface area contributed by atoms with E-state index in [0.29, 0.717) is 11.3 Å². The smallest absolute Gasteiger partial charge is 0.0676 e. The molecule has 16 heavy (non-hydrogen) atoms. The first kappa shape index (κ1) is 11.1. The van der Waals surface area contributed by atoms with Gasteiger partial charge in [-0.1, -0.05) is 13.8 Å². The van der Waals surface area contributed by atoms with Crippen LogP contribution in [0.15, 0.2) is 0 Å². The van der Waals surface area contributed by atoms with Gasteiger partial charge in [-0.15, -0.1) is 0 Å². The molecule has 0 aliphatic heterocycles. The molecule has 6 aliphatic rings. The molecule has 6 saturated carbocycles. The topological polar surface area (TPSA) is 20.2 Å². The highest BCUT2D eigenvalue weighted by Gasteiger charge is 2.50. The van der Waals surface area contributed by atoms with E-state index in [1.54, 1.807) is 0 Å². The van der Waals surface area contributed by atoms with Crippen LogP contribution in [0.25, 0.3) is 0 Å². The molecular formula is C15H26O. The third kappa shape index (κ3) is 1.47. The van der Waals surface area contributed by atoms with Crippen LogP contribution >= 0.6 is 0 Å². The third-order valence-corrected chi connectivity index (χ3v) is 6.44. The Labute approximate surface area is 99.6 Å². The summed E-state index contributed by atoms with van der Waals surface area (Å²) in [5, 5.41) is 10.8. The van der Waals surface area contributed by atoms with Gasteiger partial charge in [-0.3, -0.25) is 0 Å². The van der Waals surface area contributed by atoms with Crippen LogP contribution < -0.4 is 0 Å². The largest absolute Gasteiger partial charge is 0.390 e. The lowest BCUT2D eigenvalue weighted by atomic mass is 9.63. The van der Waals surface area contributed by atoms with Gasteiger partial charge in [0.05, 0.1) is 5.60 Å². The van der Waals surface area contributed by atoms with Crippen LogP contribution in [0.5, 0.6) is 0 Å². The van der Waals surface area contributed by atoms with Gasteiger partial charge in [-0.2, -0.15) is 0 Å². The van der Waals surface area contributed by atoms with Crippen molar-refractivity contribution in [1.29, 1.82) is 0 Å². The highest BCUT2D eigenvalue weighted by molar-refractivity contribution is 5.01. The van der Waals surface area contributed by atoms with Crippen molar-refractivity contribution in [3.8, 4) is 0 Å². The second-order valence-corrected chi connectivity index (χ2v) is 7.25. The molecule has 1 N–H and O–H groups in total. The molecule has 0 saturated heterocycles. The zero-order valence-corrected chi connectivity index (χ0v) is 10.8. The molecule has 0 heterocycles. The van der Waals surface area contributed by atoms with E-state index in [4.69, 9.17) is 0 Å². The van der Waals surface area contributed by atoms with Gasteiger partial charge in [0.25, 0.3) is 0 Å². The van der Waals surface area contributed by atoms with Gasteiger partial charge in [0.15, 0.2) is 0 Å². The minimum absolute atomic E-state index is 0.276. The Bertz CT molecular complexity index is 265. The maximum Gasteiger partial charge on any atom is 0.0676 e. The summed E-state index contributed by atoms with van der Waals surface area (Å²) >= 11 is 0. The van der Waals surface area contributed by atoms with E-state index in [1.165, 1.54) is 38.5 Å². The van der Waals surface area contributed by atoms with Crippen LogP contribution in [0.3, 0.4) is 0 Å². The molecule has 1 nitrogen and oxygen atoms in total. The average Bonchev–Trinajstić information content (AvgIpc) is 2.38. The van der Waals surface area contributed by atoms with E-state index in [-0.39, 0.29) is 5.60 Å². The lowest BCUT2D eigenvalue weighted by molar-refractivity contribution is -0.0659. The maximum absolute atomic E-state index is 10.8. The highest BCUT2D eigenvalue weighted by Crippen LogP contribution is 2.56. The fourth-order valence-electron chi connectivity index (χ4n) is 4.98. The van der Waals surface area contributed by atoms with Crippen LogP contribution in [0.4, 0.5) is 0 Å². The number of rotatable bonds is 0. The summed E-state index contributed by atoms with van der Waals surface area (Å²) in [7, 11) is 0. The molecule has 0 radical (unpaired) electrons. The molecule has 4 bridgehead atoms. The van der Waals surface area contributed by atoms with Crippen molar-refractivity contribution in [2.24, 2.45) is 23.2 Å². The van der Waals surface area contributed by atoms with Gasteiger partial charge in [0.2, 0.25) is 0 Å². The summed E-state index contributed by atoms with van der Waals surface area (Å²) in [6.45, 7) is 5.00. The van der Waals surface area contributed by atoms with Gasteiger partial charge < -0.3 is 5.11 Å². The van der Waals surface area contributed by atoms with Gasteiger partial charge in [0, 0.05) is 0 Å². The average molecular weight is 222 g/mol. The van der Waals surface area contributed by atoms with Crippen molar-refractivity contribution in [2.45, 2.75) is 70.8 Å². The minimum atomic E-state index is -0.276. The predicted molar refractivity (Wildman–Crippen MR) is 66.1 cm³/mol. The van der Waals surface area contributed by atoms with Crippen LogP contribution in [0, 0.1) is 23.2 Å². The quantitative estimate of drug-likeness (QED) is 0.662. The molecule has 6 aliphatic carbocycles. The molecule has 0 unspecified atom stereocenters. The van der Waals surface area contributed by atoms with Gasteiger partial charge in [-0.05, 0) is 74.5 Å². The minimum Gasteiger partial charge on any atom is -0.390 e. The number of aliphatic hydroxyl groups is 1. The van der Waals surface area contributed by atoms with E-state index >= 15 is 0 Å². The highest BCUT2D eigenvalue weighted by atomic mass is 16.3. The summed E-state index contributed by atoms with van der Waals surface area (Å²) in [5.74, 6) is 2.42. The Morgan fingerprint density at radius 3 is 1.75 bits per heavy atom. The Morgan fingerprint density at radius 2 is 1.19 bits per heavy atom. The third-order valence-electron chi connectivity index (χ3n) is 6.44. The van der Waals surface area contributed by atoms with Crippen LogP contribution in [-0.2, 0) is 0 Å². The number of hydrogen-bond acceptors (Lipinski definition) is 1. The van der Waals surface area contributed by atoms with E-state index in [1.807, 2.05) is 0 Å². The Kier molecular flexibility index (Phi) is 2.41. The second-order valence-electron chi connectivity index (χ2n) is 7.25.